The summed E-state index contributed by atoms with van der Waals surface area (Å²) in [7, 11) is 0. The van der Waals surface area contributed by atoms with Crippen molar-refractivity contribution in [1.29, 1.82) is 0 Å². The van der Waals surface area contributed by atoms with Gasteiger partial charge in [0.15, 0.2) is 0 Å². The van der Waals surface area contributed by atoms with Crippen LogP contribution in [0.1, 0.15) is 52.0 Å². The van der Waals surface area contributed by atoms with Crippen LogP contribution in [0.2, 0.25) is 5.02 Å². The van der Waals surface area contributed by atoms with Gasteiger partial charge in [0.1, 0.15) is 11.6 Å². The van der Waals surface area contributed by atoms with Crippen LogP contribution in [0.4, 0.5) is 10.1 Å². The summed E-state index contributed by atoms with van der Waals surface area (Å²) in [5.74, 6) is -5.09. The first-order chi connectivity index (χ1) is 18.8. The van der Waals surface area contributed by atoms with E-state index in [-0.39, 0.29) is 34.7 Å². The van der Waals surface area contributed by atoms with Gasteiger partial charge in [0.05, 0.1) is 33.9 Å². The van der Waals surface area contributed by atoms with Crippen LogP contribution in [0, 0.1) is 34.9 Å². The Kier molecular flexibility index (Phi) is 5.83. The highest BCUT2D eigenvalue weighted by Crippen LogP contribution is 2.64. The lowest BCUT2D eigenvalue weighted by Gasteiger charge is -2.49. The lowest BCUT2D eigenvalue weighted by Crippen LogP contribution is -2.49. The molecule has 4 aliphatic rings. The molecule has 7 nitrogen and oxygen atoms in total. The van der Waals surface area contributed by atoms with E-state index in [1.807, 2.05) is 26.8 Å². The van der Waals surface area contributed by atoms with Crippen molar-refractivity contribution in [3.8, 4) is 5.75 Å². The lowest BCUT2D eigenvalue weighted by atomic mass is 9.51. The number of aromatic hydroxyl groups is 1. The maximum Gasteiger partial charge on any atom is 0.241 e. The summed E-state index contributed by atoms with van der Waals surface area (Å²) in [4.78, 5) is 58.1. The number of amides is 4. The van der Waals surface area contributed by atoms with Crippen LogP contribution in [0.3, 0.4) is 0 Å². The molecule has 0 aromatic heterocycles. The standard InChI is InChI=1S/C31H30ClFN2O5/c1-30(2,3)35-26(37)19-10-9-18-20(24(19)28(35)39)14-21-27(38)34(16-8-11-23(33)22(32)13-16)29(40)31(21,4)25(18)15-6-5-7-17(36)12-15/h5-9,11-13,19-21,24-25,36H,10,14H2,1-4H3/t19-,20+,21-,24-,25-,31+/m0/s1. The van der Waals surface area contributed by atoms with Gasteiger partial charge >= 0.3 is 0 Å². The van der Waals surface area contributed by atoms with E-state index in [0.29, 0.717) is 12.0 Å². The Morgan fingerprint density at radius 1 is 1.00 bits per heavy atom. The third-order valence-electron chi connectivity index (χ3n) is 9.31. The third-order valence-corrected chi connectivity index (χ3v) is 9.60. The summed E-state index contributed by atoms with van der Waals surface area (Å²) in [5.41, 5.74) is -0.297. The molecule has 4 amide bonds. The van der Waals surface area contributed by atoms with E-state index in [2.05, 4.69) is 0 Å². The molecular formula is C31H30ClFN2O5. The van der Waals surface area contributed by atoms with Crippen molar-refractivity contribution in [3.05, 3.63) is 70.5 Å². The Morgan fingerprint density at radius 3 is 2.38 bits per heavy atom. The van der Waals surface area contributed by atoms with Crippen molar-refractivity contribution < 1.29 is 28.7 Å². The molecule has 0 bridgehead atoms. The molecule has 0 unspecified atom stereocenters. The summed E-state index contributed by atoms with van der Waals surface area (Å²) >= 11 is 6.02. The number of rotatable bonds is 2. The number of carbonyl (C=O) groups excluding carboxylic acids is 4. The van der Waals surface area contributed by atoms with Gasteiger partial charge < -0.3 is 5.11 Å². The van der Waals surface area contributed by atoms with E-state index in [4.69, 9.17) is 11.6 Å². The number of phenols is 1. The maximum absolute atomic E-state index is 14.3. The molecule has 2 aliphatic carbocycles. The van der Waals surface area contributed by atoms with Gasteiger partial charge in [-0.1, -0.05) is 35.4 Å². The number of likely N-dealkylation sites (tertiary alicyclic amines) is 1. The summed E-state index contributed by atoms with van der Waals surface area (Å²) in [6, 6.07) is 10.3. The average Bonchev–Trinajstić information content (AvgIpc) is 3.25. The molecule has 208 valence electrons. The predicted octanol–water partition coefficient (Wildman–Crippen LogP) is 5.21. The molecule has 6 atom stereocenters. The molecule has 1 saturated carbocycles. The number of benzene rings is 2. The van der Waals surface area contributed by atoms with Crippen LogP contribution in [-0.4, -0.2) is 39.2 Å². The van der Waals surface area contributed by atoms with E-state index >= 15 is 0 Å². The molecule has 2 aromatic carbocycles. The summed E-state index contributed by atoms with van der Waals surface area (Å²) in [6.07, 6.45) is 2.53. The van der Waals surface area contributed by atoms with Crippen LogP contribution in [0.25, 0.3) is 0 Å². The Labute approximate surface area is 236 Å². The molecule has 0 radical (unpaired) electrons. The number of halogens is 2. The zero-order valence-electron chi connectivity index (χ0n) is 22.7. The summed E-state index contributed by atoms with van der Waals surface area (Å²) < 4.78 is 14.0. The predicted molar refractivity (Wildman–Crippen MR) is 146 cm³/mol. The van der Waals surface area contributed by atoms with Crippen molar-refractivity contribution in [1.82, 2.24) is 4.90 Å². The van der Waals surface area contributed by atoms with Crippen LogP contribution < -0.4 is 4.90 Å². The highest BCUT2D eigenvalue weighted by Gasteiger charge is 2.68. The Morgan fingerprint density at radius 2 is 1.73 bits per heavy atom. The molecule has 0 spiro atoms. The molecule has 1 N–H and O–H groups in total. The molecule has 9 heteroatoms. The number of allylic oxidation sites excluding steroid dienone is 2. The van der Waals surface area contributed by atoms with Crippen LogP contribution >= 0.6 is 11.6 Å². The fourth-order valence-electron chi connectivity index (χ4n) is 7.63. The van der Waals surface area contributed by atoms with Crippen molar-refractivity contribution in [2.24, 2.45) is 29.1 Å². The van der Waals surface area contributed by atoms with Gasteiger partial charge in [-0.3, -0.25) is 24.1 Å². The first-order valence-corrected chi connectivity index (χ1v) is 13.8. The fourth-order valence-corrected chi connectivity index (χ4v) is 7.81. The lowest BCUT2D eigenvalue weighted by molar-refractivity contribution is -0.145. The van der Waals surface area contributed by atoms with Crippen molar-refractivity contribution in [2.75, 3.05) is 4.90 Å². The smallest absolute Gasteiger partial charge is 0.241 e. The molecular weight excluding hydrogens is 535 g/mol. The second kappa shape index (κ2) is 8.74. The first-order valence-electron chi connectivity index (χ1n) is 13.5. The van der Waals surface area contributed by atoms with Gasteiger partial charge in [0.25, 0.3) is 0 Å². The molecule has 6 rings (SSSR count). The van der Waals surface area contributed by atoms with E-state index < -0.39 is 58.2 Å². The Bertz CT molecular complexity index is 1530. The minimum absolute atomic E-state index is 0.0130. The average molecular weight is 565 g/mol. The first kappa shape index (κ1) is 26.7. The van der Waals surface area contributed by atoms with Crippen molar-refractivity contribution >= 4 is 40.9 Å². The van der Waals surface area contributed by atoms with E-state index in [1.54, 1.807) is 25.1 Å². The molecule has 40 heavy (non-hydrogen) atoms. The van der Waals surface area contributed by atoms with Gasteiger partial charge in [-0.05, 0) is 82.3 Å². The molecule has 2 aromatic rings. The minimum atomic E-state index is -1.25. The molecule has 2 heterocycles. The number of hydrogen-bond donors (Lipinski definition) is 1. The van der Waals surface area contributed by atoms with E-state index in [0.717, 1.165) is 16.5 Å². The highest BCUT2D eigenvalue weighted by atomic mass is 35.5. The number of carbonyl (C=O) groups is 4. The number of phenolic OH excluding ortho intramolecular Hbond substituents is 1. The van der Waals surface area contributed by atoms with Gasteiger partial charge in [-0.25, -0.2) is 9.29 Å². The summed E-state index contributed by atoms with van der Waals surface area (Å²) in [5, 5.41) is 10.2. The topological polar surface area (TPSA) is 95.0 Å². The van der Waals surface area contributed by atoms with Crippen LogP contribution in [0.5, 0.6) is 5.75 Å². The SMILES string of the molecule is CC(C)(C)N1C(=O)[C@H]2[C@H](CC=C3[C@H]2C[C@H]2C(=O)N(c4ccc(F)c(Cl)c4)C(=O)[C@@]2(C)[C@H]3c2cccc(O)c2)C1=O. The number of fused-ring (bicyclic) bond motifs is 4. The van der Waals surface area contributed by atoms with Gasteiger partial charge in [0.2, 0.25) is 23.6 Å². The maximum atomic E-state index is 14.3. The van der Waals surface area contributed by atoms with E-state index in [1.165, 1.54) is 23.1 Å². The fraction of sp³-hybridized carbons (Fsp3) is 0.419. The van der Waals surface area contributed by atoms with Crippen LogP contribution in [0.15, 0.2) is 54.1 Å². The Hall–Kier alpha value is -3.52. The van der Waals surface area contributed by atoms with Gasteiger partial charge in [0, 0.05) is 11.5 Å². The zero-order chi connectivity index (χ0) is 28.9. The number of nitrogens with zero attached hydrogens (tertiary/aromatic N) is 2. The summed E-state index contributed by atoms with van der Waals surface area (Å²) in [6.45, 7) is 7.23. The highest BCUT2D eigenvalue weighted by molar-refractivity contribution is 6.31. The van der Waals surface area contributed by atoms with Crippen molar-refractivity contribution in [2.45, 2.75) is 52.0 Å². The second-order valence-corrected chi connectivity index (χ2v) is 12.9. The van der Waals surface area contributed by atoms with E-state index in [9.17, 15) is 28.7 Å². The number of hydrogen-bond acceptors (Lipinski definition) is 5. The monoisotopic (exact) mass is 564 g/mol. The normalized spacial score (nSPS) is 31.8. The Balaban J connectivity index is 1.52. The zero-order valence-corrected chi connectivity index (χ0v) is 23.4. The van der Waals surface area contributed by atoms with Gasteiger partial charge in [-0.15, -0.1) is 0 Å². The van der Waals surface area contributed by atoms with Crippen LogP contribution in [-0.2, 0) is 19.2 Å². The quantitative estimate of drug-likeness (QED) is 0.399. The minimum Gasteiger partial charge on any atom is -0.508 e. The van der Waals surface area contributed by atoms with Crippen molar-refractivity contribution in [3.63, 3.8) is 0 Å². The molecule has 2 saturated heterocycles. The van der Waals surface area contributed by atoms with Gasteiger partial charge in [-0.2, -0.15) is 0 Å². The molecule has 3 fully saturated rings. The molecule has 2 aliphatic heterocycles. The second-order valence-electron chi connectivity index (χ2n) is 12.5. The largest absolute Gasteiger partial charge is 0.508 e. The number of imide groups is 2. The number of anilines is 1. The third kappa shape index (κ3) is 3.54.